The molecule has 1 N–H and O–H groups in total. The van der Waals surface area contributed by atoms with E-state index in [4.69, 9.17) is 14.2 Å². The van der Waals surface area contributed by atoms with Crippen molar-refractivity contribution in [3.63, 3.8) is 0 Å². The van der Waals surface area contributed by atoms with Gasteiger partial charge in [0.1, 0.15) is 12.4 Å². The number of hydrogen-bond acceptors (Lipinski definition) is 6. The van der Waals surface area contributed by atoms with E-state index in [1.54, 1.807) is 31.4 Å². The van der Waals surface area contributed by atoms with Crippen molar-refractivity contribution < 1.29 is 27.4 Å². The topological polar surface area (TPSA) is 94.2 Å². The molecule has 1 saturated heterocycles. The van der Waals surface area contributed by atoms with E-state index in [2.05, 4.69) is 5.32 Å². The minimum Gasteiger partial charge on any atom is -0.491 e. The van der Waals surface area contributed by atoms with Crippen LogP contribution in [0.15, 0.2) is 53.4 Å². The van der Waals surface area contributed by atoms with Crippen LogP contribution < -0.4 is 10.1 Å². The van der Waals surface area contributed by atoms with Crippen molar-refractivity contribution >= 4 is 15.9 Å². The normalized spacial score (nSPS) is 14.8. The molecule has 0 bridgehead atoms. The number of carbonyl (C=O) groups is 1. The van der Waals surface area contributed by atoms with Gasteiger partial charge in [0, 0.05) is 33.2 Å². The minimum atomic E-state index is -3.50. The maximum atomic E-state index is 12.7. The van der Waals surface area contributed by atoms with Crippen LogP contribution in [0.4, 0.5) is 0 Å². The van der Waals surface area contributed by atoms with E-state index in [1.165, 1.54) is 4.31 Å². The van der Waals surface area contributed by atoms with Crippen LogP contribution in [0.25, 0.3) is 0 Å². The molecule has 1 heterocycles. The van der Waals surface area contributed by atoms with Crippen LogP contribution in [0.5, 0.6) is 5.75 Å². The molecule has 0 atom stereocenters. The first-order valence-corrected chi connectivity index (χ1v) is 12.1. The molecule has 1 aliphatic heterocycles. The van der Waals surface area contributed by atoms with Crippen molar-refractivity contribution in [2.75, 3.05) is 46.6 Å². The molecular weight excluding hydrogens is 432 g/mol. The van der Waals surface area contributed by atoms with Gasteiger partial charge in [-0.1, -0.05) is 24.3 Å². The van der Waals surface area contributed by atoms with Gasteiger partial charge in [0.05, 0.1) is 24.7 Å². The van der Waals surface area contributed by atoms with Crippen molar-refractivity contribution in [3.8, 4) is 5.75 Å². The molecule has 0 saturated carbocycles. The quantitative estimate of drug-likeness (QED) is 0.513. The van der Waals surface area contributed by atoms with Crippen LogP contribution >= 0.6 is 0 Å². The second-order valence-electron chi connectivity index (χ2n) is 7.42. The van der Waals surface area contributed by atoms with Gasteiger partial charge in [0.15, 0.2) is 0 Å². The van der Waals surface area contributed by atoms with Crippen molar-refractivity contribution in [2.45, 2.75) is 24.3 Å². The Labute approximate surface area is 189 Å². The predicted molar refractivity (Wildman–Crippen MR) is 120 cm³/mol. The zero-order valence-corrected chi connectivity index (χ0v) is 19.1. The lowest BCUT2D eigenvalue weighted by Crippen LogP contribution is -2.40. The summed E-state index contributed by atoms with van der Waals surface area (Å²) in [5.74, 6) is 0.701. The molecule has 0 unspecified atom stereocenters. The van der Waals surface area contributed by atoms with Crippen molar-refractivity contribution in [3.05, 3.63) is 59.7 Å². The number of morpholine rings is 1. The lowest BCUT2D eigenvalue weighted by Gasteiger charge is -2.26. The maximum absolute atomic E-state index is 12.7. The number of carbonyl (C=O) groups excluding carboxylic acids is 1. The van der Waals surface area contributed by atoms with Crippen molar-refractivity contribution in [1.82, 2.24) is 9.62 Å². The van der Waals surface area contributed by atoms with Gasteiger partial charge in [-0.2, -0.15) is 4.31 Å². The summed E-state index contributed by atoms with van der Waals surface area (Å²) in [6.07, 6.45) is 0.865. The third-order valence-corrected chi connectivity index (χ3v) is 7.05. The second-order valence-corrected chi connectivity index (χ2v) is 9.36. The number of nitrogens with one attached hydrogen (secondary N) is 1. The third-order valence-electron chi connectivity index (χ3n) is 5.14. The summed E-state index contributed by atoms with van der Waals surface area (Å²) >= 11 is 0. The lowest BCUT2D eigenvalue weighted by molar-refractivity contribution is -0.121. The SMILES string of the molecule is COCCOc1ccc(CNC(=O)CCc2ccc(S(=O)(=O)N3CCOCC3)cc2)cc1. The van der Waals surface area contributed by atoms with Crippen LogP contribution in [-0.4, -0.2) is 65.3 Å². The average molecular weight is 463 g/mol. The summed E-state index contributed by atoms with van der Waals surface area (Å²) in [6.45, 7) is 3.03. The first-order chi connectivity index (χ1) is 15.5. The monoisotopic (exact) mass is 462 g/mol. The van der Waals surface area contributed by atoms with E-state index in [0.29, 0.717) is 58.9 Å². The highest BCUT2D eigenvalue weighted by molar-refractivity contribution is 7.89. The number of aryl methyl sites for hydroxylation is 1. The molecule has 32 heavy (non-hydrogen) atoms. The van der Waals surface area contributed by atoms with Gasteiger partial charge >= 0.3 is 0 Å². The Morgan fingerprint density at radius 3 is 2.31 bits per heavy atom. The smallest absolute Gasteiger partial charge is 0.243 e. The zero-order chi connectivity index (χ0) is 22.8. The molecule has 0 aromatic heterocycles. The Bertz CT molecular complexity index is 955. The first-order valence-electron chi connectivity index (χ1n) is 10.6. The predicted octanol–water partition coefficient (Wildman–Crippen LogP) is 1.98. The molecule has 0 spiro atoms. The third kappa shape index (κ3) is 7.03. The number of nitrogens with zero attached hydrogens (tertiary/aromatic N) is 1. The van der Waals surface area contributed by atoms with E-state index in [-0.39, 0.29) is 10.8 Å². The lowest BCUT2D eigenvalue weighted by atomic mass is 10.1. The van der Waals surface area contributed by atoms with Gasteiger partial charge in [0.2, 0.25) is 15.9 Å². The Morgan fingerprint density at radius 2 is 1.66 bits per heavy atom. The van der Waals surface area contributed by atoms with E-state index in [0.717, 1.165) is 16.9 Å². The molecule has 1 amide bonds. The molecule has 2 aromatic carbocycles. The highest BCUT2D eigenvalue weighted by Crippen LogP contribution is 2.18. The minimum absolute atomic E-state index is 0.0598. The fraction of sp³-hybridized carbons (Fsp3) is 0.435. The van der Waals surface area contributed by atoms with Crippen LogP contribution in [0.3, 0.4) is 0 Å². The zero-order valence-electron chi connectivity index (χ0n) is 18.3. The van der Waals surface area contributed by atoms with E-state index in [1.807, 2.05) is 24.3 Å². The molecular formula is C23H30N2O6S. The summed E-state index contributed by atoms with van der Waals surface area (Å²) in [4.78, 5) is 12.5. The number of methoxy groups -OCH3 is 1. The van der Waals surface area contributed by atoms with Crippen molar-refractivity contribution in [1.29, 1.82) is 0 Å². The molecule has 0 aliphatic carbocycles. The van der Waals surface area contributed by atoms with Gasteiger partial charge in [-0.25, -0.2) is 8.42 Å². The van der Waals surface area contributed by atoms with Gasteiger partial charge in [-0.3, -0.25) is 4.79 Å². The summed E-state index contributed by atoms with van der Waals surface area (Å²) in [5, 5.41) is 2.91. The van der Waals surface area contributed by atoms with Gasteiger partial charge in [-0.05, 0) is 41.8 Å². The summed E-state index contributed by atoms with van der Waals surface area (Å²) in [6, 6.07) is 14.3. The number of hydrogen-bond donors (Lipinski definition) is 1. The highest BCUT2D eigenvalue weighted by atomic mass is 32.2. The molecule has 9 heteroatoms. The van der Waals surface area contributed by atoms with Crippen LogP contribution in [0.2, 0.25) is 0 Å². The maximum Gasteiger partial charge on any atom is 0.243 e. The molecule has 1 fully saturated rings. The number of benzene rings is 2. The molecule has 0 radical (unpaired) electrons. The fourth-order valence-corrected chi connectivity index (χ4v) is 4.67. The molecule has 2 aromatic rings. The first kappa shape index (κ1) is 24.2. The molecule has 8 nitrogen and oxygen atoms in total. The van der Waals surface area contributed by atoms with Crippen molar-refractivity contribution in [2.24, 2.45) is 0 Å². The second kappa shape index (κ2) is 12.0. The molecule has 174 valence electrons. The Hall–Kier alpha value is -2.46. The average Bonchev–Trinajstić information content (AvgIpc) is 2.83. The number of ether oxygens (including phenoxy) is 3. The van der Waals surface area contributed by atoms with E-state index >= 15 is 0 Å². The molecule has 3 rings (SSSR count). The fourth-order valence-electron chi connectivity index (χ4n) is 3.26. The summed E-state index contributed by atoms with van der Waals surface area (Å²) in [7, 11) is -1.87. The number of amides is 1. The Kier molecular flexibility index (Phi) is 9.04. The van der Waals surface area contributed by atoms with Crippen LogP contribution in [0.1, 0.15) is 17.5 Å². The van der Waals surface area contributed by atoms with Crippen LogP contribution in [0, 0.1) is 0 Å². The van der Waals surface area contributed by atoms with E-state index in [9.17, 15) is 13.2 Å². The summed E-state index contributed by atoms with van der Waals surface area (Å²) in [5.41, 5.74) is 1.90. The highest BCUT2D eigenvalue weighted by Gasteiger charge is 2.26. The van der Waals surface area contributed by atoms with Gasteiger partial charge in [0.25, 0.3) is 0 Å². The van der Waals surface area contributed by atoms with E-state index < -0.39 is 10.0 Å². The van der Waals surface area contributed by atoms with Gasteiger partial charge < -0.3 is 19.5 Å². The Morgan fingerprint density at radius 1 is 1.00 bits per heavy atom. The Balaban J connectivity index is 1.43. The van der Waals surface area contributed by atoms with Crippen LogP contribution in [-0.2, 0) is 37.3 Å². The largest absolute Gasteiger partial charge is 0.491 e. The number of rotatable bonds is 11. The summed E-state index contributed by atoms with van der Waals surface area (Å²) < 4.78 is 42.5. The number of sulfonamides is 1. The van der Waals surface area contributed by atoms with Gasteiger partial charge in [-0.15, -0.1) is 0 Å². The standard InChI is InChI=1S/C23H30N2O6S/c1-29-16-17-31-21-7-2-20(3-8-21)18-24-23(26)11-6-19-4-9-22(10-5-19)32(27,28)25-12-14-30-15-13-25/h2-5,7-10H,6,11-18H2,1H3,(H,24,26). The molecule has 1 aliphatic rings.